The normalized spacial score (nSPS) is 19.3. The van der Waals surface area contributed by atoms with E-state index >= 15 is 0 Å². The highest BCUT2D eigenvalue weighted by Gasteiger charge is 2.45. The van der Waals surface area contributed by atoms with Crippen molar-refractivity contribution in [3.63, 3.8) is 0 Å². The Morgan fingerprint density at radius 3 is 2.47 bits per heavy atom. The number of fused-ring (bicyclic) bond motifs is 1. The van der Waals surface area contributed by atoms with E-state index < -0.39 is 27.9 Å². The van der Waals surface area contributed by atoms with Crippen LogP contribution in [-0.2, 0) is 26.0 Å². The van der Waals surface area contributed by atoms with Crippen LogP contribution in [0.4, 0.5) is 0 Å². The maximum absolute atomic E-state index is 14.0. The van der Waals surface area contributed by atoms with Gasteiger partial charge in [-0.15, -0.1) is 0 Å². The van der Waals surface area contributed by atoms with Crippen molar-refractivity contribution in [2.45, 2.75) is 56.5 Å². The van der Waals surface area contributed by atoms with Crippen LogP contribution in [0, 0.1) is 13.8 Å². The second kappa shape index (κ2) is 11.4. The van der Waals surface area contributed by atoms with Crippen LogP contribution in [0.1, 0.15) is 47.8 Å². The van der Waals surface area contributed by atoms with Crippen LogP contribution in [-0.4, -0.2) is 58.7 Å². The fourth-order valence-electron chi connectivity index (χ4n) is 6.22. The van der Waals surface area contributed by atoms with E-state index in [0.717, 1.165) is 56.9 Å². The summed E-state index contributed by atoms with van der Waals surface area (Å²) in [6.07, 6.45) is 2.07. The molecule has 2 aliphatic rings. The largest absolute Gasteiger partial charge is 0.370 e. The number of hydrogen-bond donors (Lipinski definition) is 1. The number of aryl methyl sites for hydroxylation is 3. The number of aromatic nitrogens is 2. The molecule has 3 aromatic carbocycles. The van der Waals surface area contributed by atoms with Crippen LogP contribution in [0.2, 0.25) is 0 Å². The number of piperazine rings is 1. The summed E-state index contributed by atoms with van der Waals surface area (Å²) in [4.78, 5) is 32.3. The summed E-state index contributed by atoms with van der Waals surface area (Å²) < 4.78 is 33.8. The standard InChI is InChI=1S/C32H33N5O5S/c1-20-10-13-24(14-11-20)43(40,41)37-17-16-36(32(39)29(37)19-30(33)38)28-9-5-6-22-18-23(12-15-26(22)28)25-7-3-4-8-27(25)31-34-21(2)35-42-31/h3-4,7-8,10-15,18,28-29H,5-6,9,16-17,19H2,1-2H3,(H2,33,38)/t28-,29?/m1/s1. The lowest BCUT2D eigenvalue weighted by atomic mass is 9.84. The highest BCUT2D eigenvalue weighted by Crippen LogP contribution is 2.40. The van der Waals surface area contributed by atoms with Crippen molar-refractivity contribution in [1.29, 1.82) is 0 Å². The molecule has 1 aliphatic carbocycles. The fraction of sp³-hybridized carbons (Fsp3) is 0.312. The van der Waals surface area contributed by atoms with E-state index in [1.54, 1.807) is 24.0 Å². The molecule has 0 bridgehead atoms. The molecule has 0 saturated carbocycles. The highest BCUT2D eigenvalue weighted by molar-refractivity contribution is 7.89. The van der Waals surface area contributed by atoms with Crippen molar-refractivity contribution in [3.05, 3.63) is 89.2 Å². The van der Waals surface area contributed by atoms with Gasteiger partial charge in [0.25, 0.3) is 5.89 Å². The maximum Gasteiger partial charge on any atom is 0.258 e. The van der Waals surface area contributed by atoms with E-state index in [4.69, 9.17) is 10.3 Å². The molecular formula is C32H33N5O5S. The van der Waals surface area contributed by atoms with Crippen LogP contribution in [0.5, 0.6) is 0 Å². The first-order valence-electron chi connectivity index (χ1n) is 14.3. The predicted octanol–water partition coefficient (Wildman–Crippen LogP) is 4.17. The Morgan fingerprint density at radius 1 is 1.02 bits per heavy atom. The Kier molecular flexibility index (Phi) is 7.61. The van der Waals surface area contributed by atoms with Crippen LogP contribution < -0.4 is 5.73 Å². The van der Waals surface area contributed by atoms with Gasteiger partial charge in [0.2, 0.25) is 21.8 Å². The molecule has 1 aromatic heterocycles. The van der Waals surface area contributed by atoms with Crippen molar-refractivity contribution in [3.8, 4) is 22.6 Å². The third-order valence-electron chi connectivity index (χ3n) is 8.30. The van der Waals surface area contributed by atoms with Gasteiger partial charge in [-0.2, -0.15) is 9.29 Å². The van der Waals surface area contributed by atoms with Gasteiger partial charge in [0.1, 0.15) is 6.04 Å². The third kappa shape index (κ3) is 5.46. The van der Waals surface area contributed by atoms with Crippen molar-refractivity contribution in [2.24, 2.45) is 5.73 Å². The SMILES string of the molecule is Cc1ccc(S(=O)(=O)N2CCN([C@@H]3CCCc4cc(-c5ccccc5-c5nc(C)no5)ccc43)C(=O)C2CC(N)=O)cc1. The summed E-state index contributed by atoms with van der Waals surface area (Å²) in [5.41, 5.74) is 11.4. The quantitative estimate of drug-likeness (QED) is 0.336. The fourth-order valence-corrected chi connectivity index (χ4v) is 7.79. The summed E-state index contributed by atoms with van der Waals surface area (Å²) >= 11 is 0. The minimum Gasteiger partial charge on any atom is -0.370 e. The Hall–Kier alpha value is -4.35. The molecule has 2 heterocycles. The molecule has 11 heteroatoms. The predicted molar refractivity (Wildman–Crippen MR) is 160 cm³/mol. The molecule has 1 aliphatic heterocycles. The average Bonchev–Trinajstić information content (AvgIpc) is 3.43. The smallest absolute Gasteiger partial charge is 0.258 e. The van der Waals surface area contributed by atoms with Crippen molar-refractivity contribution in [2.75, 3.05) is 13.1 Å². The molecule has 222 valence electrons. The van der Waals surface area contributed by atoms with E-state index in [0.29, 0.717) is 11.7 Å². The van der Waals surface area contributed by atoms with E-state index in [9.17, 15) is 18.0 Å². The summed E-state index contributed by atoms with van der Waals surface area (Å²) in [5.74, 6) is -0.120. The number of carbonyl (C=O) groups excluding carboxylic acids is 2. The van der Waals surface area contributed by atoms with Crippen LogP contribution in [0.15, 0.2) is 76.1 Å². The highest BCUT2D eigenvalue weighted by atomic mass is 32.2. The number of amides is 2. The molecule has 6 rings (SSSR count). The molecule has 0 radical (unpaired) electrons. The maximum atomic E-state index is 14.0. The molecule has 2 amide bonds. The Bertz CT molecular complexity index is 1800. The molecule has 1 fully saturated rings. The van der Waals surface area contributed by atoms with E-state index in [1.165, 1.54) is 12.1 Å². The molecule has 10 nitrogen and oxygen atoms in total. The van der Waals surface area contributed by atoms with Crippen LogP contribution in [0.25, 0.3) is 22.6 Å². The number of carbonyl (C=O) groups is 2. The average molecular weight is 600 g/mol. The van der Waals surface area contributed by atoms with E-state index in [-0.39, 0.29) is 30.4 Å². The Morgan fingerprint density at radius 2 is 1.77 bits per heavy atom. The molecule has 4 aromatic rings. The van der Waals surface area contributed by atoms with Gasteiger partial charge in [0, 0.05) is 18.7 Å². The lowest BCUT2D eigenvalue weighted by molar-refractivity contribution is -0.144. The first kappa shape index (κ1) is 28.8. The monoisotopic (exact) mass is 599 g/mol. The van der Waals surface area contributed by atoms with Crippen molar-refractivity contribution < 1.29 is 22.5 Å². The Labute approximate surface area is 250 Å². The Balaban J connectivity index is 1.31. The number of sulfonamides is 1. The second-order valence-corrected chi connectivity index (χ2v) is 13.1. The lowest BCUT2D eigenvalue weighted by Gasteiger charge is -2.44. The van der Waals surface area contributed by atoms with Gasteiger partial charge in [0.05, 0.1) is 17.4 Å². The zero-order valence-electron chi connectivity index (χ0n) is 24.1. The zero-order chi connectivity index (χ0) is 30.3. The van der Waals surface area contributed by atoms with E-state index in [2.05, 4.69) is 22.3 Å². The van der Waals surface area contributed by atoms with Crippen molar-refractivity contribution in [1.82, 2.24) is 19.3 Å². The van der Waals surface area contributed by atoms with Crippen LogP contribution in [0.3, 0.4) is 0 Å². The van der Waals surface area contributed by atoms with Crippen molar-refractivity contribution >= 4 is 21.8 Å². The van der Waals surface area contributed by atoms with Gasteiger partial charge in [0.15, 0.2) is 5.82 Å². The number of rotatable bonds is 7. The first-order valence-corrected chi connectivity index (χ1v) is 15.8. The molecular weight excluding hydrogens is 566 g/mol. The molecule has 0 spiro atoms. The molecule has 43 heavy (non-hydrogen) atoms. The first-order chi connectivity index (χ1) is 20.6. The molecule has 2 N–H and O–H groups in total. The number of nitrogens with two attached hydrogens (primary N) is 1. The van der Waals surface area contributed by atoms with Gasteiger partial charge >= 0.3 is 0 Å². The molecule has 1 unspecified atom stereocenters. The van der Waals surface area contributed by atoms with Gasteiger partial charge < -0.3 is 15.2 Å². The topological polar surface area (TPSA) is 140 Å². The minimum atomic E-state index is -4.02. The number of hydrogen-bond acceptors (Lipinski definition) is 7. The lowest BCUT2D eigenvalue weighted by Crippen LogP contribution is -2.60. The number of primary amides is 1. The van der Waals surface area contributed by atoms with Crippen LogP contribution >= 0.6 is 0 Å². The minimum absolute atomic E-state index is 0.0702. The molecule has 2 atom stereocenters. The van der Waals surface area contributed by atoms with Gasteiger partial charge in [-0.3, -0.25) is 9.59 Å². The van der Waals surface area contributed by atoms with E-state index in [1.807, 2.05) is 37.3 Å². The zero-order valence-corrected chi connectivity index (χ0v) is 24.9. The summed E-state index contributed by atoms with van der Waals surface area (Å²) in [6, 6.07) is 19.1. The van der Waals surface area contributed by atoms with Gasteiger partial charge in [-0.25, -0.2) is 8.42 Å². The van der Waals surface area contributed by atoms with Gasteiger partial charge in [-0.05, 0) is 73.6 Å². The van der Waals surface area contributed by atoms with Gasteiger partial charge in [-0.1, -0.05) is 59.3 Å². The summed E-state index contributed by atoms with van der Waals surface area (Å²) in [6.45, 7) is 3.93. The summed E-state index contributed by atoms with van der Waals surface area (Å²) in [7, 11) is -4.02. The molecule has 1 saturated heterocycles. The third-order valence-corrected chi connectivity index (χ3v) is 10.2. The second-order valence-electron chi connectivity index (χ2n) is 11.2. The summed E-state index contributed by atoms with van der Waals surface area (Å²) in [5, 5.41) is 3.94. The number of benzene rings is 3. The number of nitrogens with zero attached hydrogens (tertiary/aromatic N) is 4.